The number of carbonyl (C=O) groups excluding carboxylic acids is 1. The molecule has 25 heavy (non-hydrogen) atoms. The summed E-state index contributed by atoms with van der Waals surface area (Å²) < 4.78 is 21.2. The molecule has 0 radical (unpaired) electrons. The Balaban J connectivity index is 1.68. The molecule has 0 aliphatic carbocycles. The molecule has 3 rings (SSSR count). The summed E-state index contributed by atoms with van der Waals surface area (Å²) in [5, 5.41) is 4.31. The largest absolute Gasteiger partial charge is 0.378 e. The van der Waals surface area contributed by atoms with E-state index in [-0.39, 0.29) is 17.8 Å². The van der Waals surface area contributed by atoms with Crippen molar-refractivity contribution in [1.29, 1.82) is 0 Å². The Bertz CT molecular complexity index is 738. The van der Waals surface area contributed by atoms with Crippen molar-refractivity contribution in [1.82, 2.24) is 14.7 Å². The second-order valence-electron chi connectivity index (χ2n) is 6.54. The van der Waals surface area contributed by atoms with E-state index < -0.39 is 0 Å². The van der Waals surface area contributed by atoms with E-state index in [1.165, 1.54) is 17.2 Å². The highest BCUT2D eigenvalue weighted by Crippen LogP contribution is 2.18. The molecule has 1 aliphatic heterocycles. The van der Waals surface area contributed by atoms with Crippen LogP contribution in [0.1, 0.15) is 41.9 Å². The summed E-state index contributed by atoms with van der Waals surface area (Å²) in [5.74, 6) is -0.524. The fourth-order valence-corrected chi connectivity index (χ4v) is 3.12. The average Bonchev–Trinajstić information content (AvgIpc) is 3.02. The number of carbonyl (C=O) groups is 1. The maximum absolute atomic E-state index is 14.0. The van der Waals surface area contributed by atoms with Gasteiger partial charge in [-0.2, -0.15) is 5.10 Å². The molecule has 1 aromatic carbocycles. The minimum atomic E-state index is -0.365. The van der Waals surface area contributed by atoms with Crippen molar-refractivity contribution in [3.8, 4) is 5.69 Å². The lowest BCUT2D eigenvalue weighted by molar-refractivity contribution is 0.00705. The maximum Gasteiger partial charge on any atom is 0.274 e. The van der Waals surface area contributed by atoms with Crippen LogP contribution in [0.4, 0.5) is 4.39 Å². The zero-order valence-electron chi connectivity index (χ0n) is 14.7. The molecule has 2 heterocycles. The molecule has 1 atom stereocenters. The summed E-state index contributed by atoms with van der Waals surface area (Å²) in [6.45, 7) is 3.25. The number of aromatic nitrogens is 2. The first-order valence-corrected chi connectivity index (χ1v) is 8.75. The first-order chi connectivity index (χ1) is 12.1. The molecule has 134 valence electrons. The van der Waals surface area contributed by atoms with Gasteiger partial charge in [0.1, 0.15) is 11.5 Å². The second-order valence-corrected chi connectivity index (χ2v) is 6.54. The predicted molar refractivity (Wildman–Crippen MR) is 93.4 cm³/mol. The van der Waals surface area contributed by atoms with E-state index in [2.05, 4.69) is 5.10 Å². The van der Waals surface area contributed by atoms with Gasteiger partial charge in [-0.25, -0.2) is 9.07 Å². The van der Waals surface area contributed by atoms with Crippen LogP contribution in [-0.2, 0) is 4.74 Å². The molecule has 1 aliphatic rings. The van der Waals surface area contributed by atoms with Crippen molar-refractivity contribution in [2.45, 2.75) is 38.7 Å². The molecule has 2 aromatic rings. The molecule has 0 saturated carbocycles. The standard InChI is InChI=1S/C19H24FN3O2/c1-14-13-17(21-23(14)18-9-4-3-8-16(18)20)19(24)22(2)11-10-15-7-5-6-12-25-15/h3-4,8-9,13,15H,5-7,10-12H2,1-2H3. The average molecular weight is 345 g/mol. The molecule has 1 saturated heterocycles. The van der Waals surface area contributed by atoms with Crippen LogP contribution in [0, 0.1) is 12.7 Å². The van der Waals surface area contributed by atoms with Crippen LogP contribution in [0.25, 0.3) is 5.69 Å². The number of ether oxygens (including phenoxy) is 1. The van der Waals surface area contributed by atoms with Gasteiger partial charge in [-0.1, -0.05) is 12.1 Å². The molecular formula is C19H24FN3O2. The normalized spacial score (nSPS) is 17.5. The van der Waals surface area contributed by atoms with Crippen LogP contribution in [0.15, 0.2) is 30.3 Å². The van der Waals surface area contributed by atoms with Crippen molar-refractivity contribution < 1.29 is 13.9 Å². The maximum atomic E-state index is 14.0. The van der Waals surface area contributed by atoms with Gasteiger partial charge < -0.3 is 9.64 Å². The van der Waals surface area contributed by atoms with E-state index in [0.717, 1.165) is 31.6 Å². The van der Waals surface area contributed by atoms with E-state index in [9.17, 15) is 9.18 Å². The Kier molecular flexibility index (Phi) is 5.48. The highest BCUT2D eigenvalue weighted by molar-refractivity contribution is 5.92. The second kappa shape index (κ2) is 7.78. The summed E-state index contributed by atoms with van der Waals surface area (Å²) in [5.41, 5.74) is 1.39. The third-order valence-corrected chi connectivity index (χ3v) is 4.59. The van der Waals surface area contributed by atoms with Crippen molar-refractivity contribution in [2.24, 2.45) is 0 Å². The number of para-hydroxylation sites is 1. The van der Waals surface area contributed by atoms with Crippen molar-refractivity contribution in [2.75, 3.05) is 20.2 Å². The quantitative estimate of drug-likeness (QED) is 0.835. The van der Waals surface area contributed by atoms with Gasteiger partial charge in [0.25, 0.3) is 5.91 Å². The Morgan fingerprint density at radius 2 is 2.20 bits per heavy atom. The molecular weight excluding hydrogens is 321 g/mol. The van der Waals surface area contributed by atoms with Gasteiger partial charge in [0.05, 0.1) is 6.10 Å². The molecule has 1 aromatic heterocycles. The van der Waals surface area contributed by atoms with Gasteiger partial charge in [0.2, 0.25) is 0 Å². The minimum absolute atomic E-state index is 0.158. The summed E-state index contributed by atoms with van der Waals surface area (Å²) >= 11 is 0. The third-order valence-electron chi connectivity index (χ3n) is 4.59. The van der Waals surface area contributed by atoms with Crippen LogP contribution in [0.5, 0.6) is 0 Å². The van der Waals surface area contributed by atoms with Gasteiger partial charge >= 0.3 is 0 Å². The predicted octanol–water partition coefficient (Wildman–Crippen LogP) is 3.35. The van der Waals surface area contributed by atoms with Crippen molar-refractivity contribution in [3.05, 3.63) is 47.5 Å². The first-order valence-electron chi connectivity index (χ1n) is 8.75. The summed E-state index contributed by atoms with van der Waals surface area (Å²) in [6.07, 6.45) is 4.44. The fraction of sp³-hybridized carbons (Fsp3) is 0.474. The van der Waals surface area contributed by atoms with E-state index in [1.807, 2.05) is 6.92 Å². The van der Waals surface area contributed by atoms with Gasteiger partial charge in [-0.15, -0.1) is 0 Å². The summed E-state index contributed by atoms with van der Waals surface area (Å²) in [7, 11) is 1.77. The Hall–Kier alpha value is -2.21. The Morgan fingerprint density at radius 1 is 1.40 bits per heavy atom. The number of amides is 1. The number of aryl methyl sites for hydroxylation is 1. The SMILES string of the molecule is Cc1cc(C(=O)N(C)CCC2CCCCO2)nn1-c1ccccc1F. The van der Waals surface area contributed by atoms with Crippen LogP contribution >= 0.6 is 0 Å². The number of rotatable bonds is 5. The monoisotopic (exact) mass is 345 g/mol. The number of hydrogen-bond donors (Lipinski definition) is 0. The molecule has 0 N–H and O–H groups in total. The highest BCUT2D eigenvalue weighted by atomic mass is 19.1. The molecule has 1 unspecified atom stereocenters. The zero-order valence-corrected chi connectivity index (χ0v) is 14.7. The molecule has 6 heteroatoms. The van der Waals surface area contributed by atoms with Crippen LogP contribution in [-0.4, -0.2) is 46.9 Å². The topological polar surface area (TPSA) is 47.4 Å². The van der Waals surface area contributed by atoms with E-state index >= 15 is 0 Å². The highest BCUT2D eigenvalue weighted by Gasteiger charge is 2.20. The fourth-order valence-electron chi connectivity index (χ4n) is 3.12. The van der Waals surface area contributed by atoms with E-state index in [0.29, 0.717) is 17.9 Å². The van der Waals surface area contributed by atoms with Gasteiger partial charge in [0, 0.05) is 25.9 Å². The summed E-state index contributed by atoms with van der Waals surface area (Å²) in [4.78, 5) is 14.3. The number of hydrogen-bond acceptors (Lipinski definition) is 3. The zero-order chi connectivity index (χ0) is 17.8. The van der Waals surface area contributed by atoms with Crippen molar-refractivity contribution in [3.63, 3.8) is 0 Å². The number of benzene rings is 1. The van der Waals surface area contributed by atoms with E-state index in [4.69, 9.17) is 4.74 Å². The lowest BCUT2D eigenvalue weighted by atomic mass is 10.1. The molecule has 0 bridgehead atoms. The first kappa shape index (κ1) is 17.6. The van der Waals surface area contributed by atoms with Gasteiger partial charge in [-0.05, 0) is 50.8 Å². The lowest BCUT2D eigenvalue weighted by Gasteiger charge is -2.25. The lowest BCUT2D eigenvalue weighted by Crippen LogP contribution is -2.31. The molecule has 1 fully saturated rings. The smallest absolute Gasteiger partial charge is 0.274 e. The van der Waals surface area contributed by atoms with E-state index in [1.54, 1.807) is 36.2 Å². The third kappa shape index (κ3) is 4.07. The molecule has 5 nitrogen and oxygen atoms in total. The van der Waals surface area contributed by atoms with Crippen molar-refractivity contribution >= 4 is 5.91 Å². The van der Waals surface area contributed by atoms with Gasteiger partial charge in [0.15, 0.2) is 5.69 Å². The molecule has 1 amide bonds. The van der Waals surface area contributed by atoms with Crippen LogP contribution in [0.2, 0.25) is 0 Å². The Labute approximate surface area is 147 Å². The van der Waals surface area contributed by atoms with Gasteiger partial charge in [-0.3, -0.25) is 4.79 Å². The summed E-state index contributed by atoms with van der Waals surface area (Å²) in [6, 6.07) is 8.10. The minimum Gasteiger partial charge on any atom is -0.378 e. The molecule has 0 spiro atoms. The number of halogens is 1. The van der Waals surface area contributed by atoms with Crippen LogP contribution in [0.3, 0.4) is 0 Å². The Morgan fingerprint density at radius 3 is 2.92 bits per heavy atom. The number of nitrogens with zero attached hydrogens (tertiary/aromatic N) is 3. The van der Waals surface area contributed by atoms with Crippen LogP contribution < -0.4 is 0 Å².